The van der Waals surface area contributed by atoms with Crippen LogP contribution in [0.3, 0.4) is 0 Å². The van der Waals surface area contributed by atoms with Gasteiger partial charge in [0.15, 0.2) is 0 Å². The topological polar surface area (TPSA) is 28.2 Å². The fraction of sp³-hybridized carbons (Fsp3) is 0.706. The normalized spacial score (nSPS) is 21.4. The van der Waals surface area contributed by atoms with Gasteiger partial charge >= 0.3 is 0 Å². The van der Waals surface area contributed by atoms with E-state index in [2.05, 4.69) is 41.3 Å². The van der Waals surface area contributed by atoms with Crippen LogP contribution in [0.15, 0.2) is 18.5 Å². The fourth-order valence-corrected chi connectivity index (χ4v) is 3.36. The lowest BCUT2D eigenvalue weighted by Crippen LogP contribution is -2.27. The molecule has 1 saturated heterocycles. The molecule has 0 radical (unpaired) electrons. The molecule has 1 aliphatic heterocycles. The summed E-state index contributed by atoms with van der Waals surface area (Å²) in [4.78, 5) is 6.92. The lowest BCUT2D eigenvalue weighted by molar-refractivity contribution is 0.301. The van der Waals surface area contributed by atoms with E-state index >= 15 is 0 Å². The molecular weight excluding hydrogens is 246 g/mol. The van der Waals surface area contributed by atoms with E-state index in [0.29, 0.717) is 5.41 Å². The van der Waals surface area contributed by atoms with Gasteiger partial charge in [-0.2, -0.15) is 0 Å². The van der Waals surface area contributed by atoms with Crippen molar-refractivity contribution in [3.8, 4) is 0 Å². The van der Waals surface area contributed by atoms with Crippen molar-refractivity contribution in [3.63, 3.8) is 0 Å². The standard InChI is InChI=1S/C17H27N3/c1-3-17(4-2)8-10-20(13-17)16-12-18-9-7-14(16)11-19-15-5-6-15/h7,9,12,15,19H,3-6,8,10-11,13H2,1-2H3. The Morgan fingerprint density at radius 3 is 2.80 bits per heavy atom. The van der Waals surface area contributed by atoms with Gasteiger partial charge in [-0.3, -0.25) is 4.98 Å². The molecule has 0 atom stereocenters. The first-order valence-electron chi connectivity index (χ1n) is 8.17. The predicted molar refractivity (Wildman–Crippen MR) is 83.9 cm³/mol. The van der Waals surface area contributed by atoms with Crippen molar-refractivity contribution in [1.29, 1.82) is 0 Å². The molecule has 2 aliphatic rings. The summed E-state index contributed by atoms with van der Waals surface area (Å²) in [7, 11) is 0. The number of hydrogen-bond acceptors (Lipinski definition) is 3. The Kier molecular flexibility index (Phi) is 3.97. The zero-order chi connectivity index (χ0) is 14.0. The minimum Gasteiger partial charge on any atom is -0.369 e. The van der Waals surface area contributed by atoms with Crippen LogP contribution in [0.1, 0.15) is 51.5 Å². The molecule has 1 N–H and O–H groups in total. The molecule has 1 saturated carbocycles. The average Bonchev–Trinajstić information content (AvgIpc) is 3.23. The van der Waals surface area contributed by atoms with Gasteiger partial charge in [0, 0.05) is 31.9 Å². The van der Waals surface area contributed by atoms with E-state index in [4.69, 9.17) is 0 Å². The summed E-state index contributed by atoms with van der Waals surface area (Å²) < 4.78 is 0. The SMILES string of the molecule is CCC1(CC)CCN(c2cnccc2CNC2CC2)C1. The number of anilines is 1. The second kappa shape index (κ2) is 5.72. The third-order valence-electron chi connectivity index (χ3n) is 5.33. The van der Waals surface area contributed by atoms with Crippen LogP contribution in [0.2, 0.25) is 0 Å². The quantitative estimate of drug-likeness (QED) is 0.861. The van der Waals surface area contributed by atoms with Crippen molar-refractivity contribution in [2.45, 2.75) is 58.5 Å². The molecule has 3 nitrogen and oxygen atoms in total. The van der Waals surface area contributed by atoms with Gasteiger partial charge in [0.25, 0.3) is 0 Å². The van der Waals surface area contributed by atoms with Crippen molar-refractivity contribution in [3.05, 3.63) is 24.0 Å². The van der Waals surface area contributed by atoms with E-state index in [1.165, 1.54) is 56.4 Å². The van der Waals surface area contributed by atoms with Crippen molar-refractivity contribution in [2.75, 3.05) is 18.0 Å². The molecule has 1 aromatic rings. The number of nitrogens with zero attached hydrogens (tertiary/aromatic N) is 2. The average molecular weight is 273 g/mol. The summed E-state index contributed by atoms with van der Waals surface area (Å²) in [5, 5.41) is 3.63. The van der Waals surface area contributed by atoms with Crippen LogP contribution >= 0.6 is 0 Å². The lowest BCUT2D eigenvalue weighted by Gasteiger charge is -2.28. The summed E-state index contributed by atoms with van der Waals surface area (Å²) in [5.41, 5.74) is 3.29. The maximum absolute atomic E-state index is 4.36. The lowest BCUT2D eigenvalue weighted by atomic mass is 9.82. The molecule has 2 fully saturated rings. The van der Waals surface area contributed by atoms with Crippen LogP contribution in [-0.2, 0) is 6.54 Å². The molecule has 1 aromatic heterocycles. The molecule has 3 heteroatoms. The van der Waals surface area contributed by atoms with E-state index in [9.17, 15) is 0 Å². The molecule has 0 bridgehead atoms. The first-order chi connectivity index (χ1) is 9.76. The second-order valence-electron chi connectivity index (χ2n) is 6.54. The zero-order valence-corrected chi connectivity index (χ0v) is 12.9. The molecule has 0 aromatic carbocycles. The molecule has 1 aliphatic carbocycles. The van der Waals surface area contributed by atoms with Crippen LogP contribution in [0.5, 0.6) is 0 Å². The Balaban J connectivity index is 1.73. The van der Waals surface area contributed by atoms with Gasteiger partial charge in [-0.25, -0.2) is 0 Å². The highest BCUT2D eigenvalue weighted by molar-refractivity contribution is 5.53. The smallest absolute Gasteiger partial charge is 0.0598 e. The molecule has 3 rings (SSSR count). The first kappa shape index (κ1) is 13.9. The molecule has 0 unspecified atom stereocenters. The summed E-state index contributed by atoms with van der Waals surface area (Å²) in [5.74, 6) is 0. The van der Waals surface area contributed by atoms with Crippen LogP contribution in [0.25, 0.3) is 0 Å². The number of pyridine rings is 1. The minimum absolute atomic E-state index is 0.525. The van der Waals surface area contributed by atoms with Crippen LogP contribution in [-0.4, -0.2) is 24.1 Å². The fourth-order valence-electron chi connectivity index (χ4n) is 3.36. The van der Waals surface area contributed by atoms with Gasteiger partial charge in [-0.05, 0) is 49.1 Å². The Bertz CT molecular complexity index is 449. The Hall–Kier alpha value is -1.09. The minimum atomic E-state index is 0.525. The number of hydrogen-bond donors (Lipinski definition) is 1. The predicted octanol–water partition coefficient (Wildman–Crippen LogP) is 3.35. The number of aromatic nitrogens is 1. The summed E-state index contributed by atoms with van der Waals surface area (Å²) in [6, 6.07) is 2.95. The third kappa shape index (κ3) is 2.83. The summed E-state index contributed by atoms with van der Waals surface area (Å²) >= 11 is 0. The summed E-state index contributed by atoms with van der Waals surface area (Å²) in [6.07, 6.45) is 10.6. The maximum Gasteiger partial charge on any atom is 0.0598 e. The highest BCUT2D eigenvalue weighted by Gasteiger charge is 2.35. The Labute approximate surface area is 122 Å². The van der Waals surface area contributed by atoms with E-state index in [-0.39, 0.29) is 0 Å². The van der Waals surface area contributed by atoms with Crippen molar-refractivity contribution in [2.24, 2.45) is 5.41 Å². The molecule has 20 heavy (non-hydrogen) atoms. The third-order valence-corrected chi connectivity index (χ3v) is 5.33. The van der Waals surface area contributed by atoms with E-state index in [1.54, 1.807) is 0 Å². The molecule has 2 heterocycles. The first-order valence-corrected chi connectivity index (χ1v) is 8.17. The van der Waals surface area contributed by atoms with Gasteiger partial charge in [0.05, 0.1) is 11.9 Å². The Morgan fingerprint density at radius 1 is 1.35 bits per heavy atom. The largest absolute Gasteiger partial charge is 0.369 e. The van der Waals surface area contributed by atoms with Gasteiger partial charge in [0.1, 0.15) is 0 Å². The van der Waals surface area contributed by atoms with Crippen LogP contribution in [0, 0.1) is 5.41 Å². The van der Waals surface area contributed by atoms with Crippen molar-refractivity contribution in [1.82, 2.24) is 10.3 Å². The van der Waals surface area contributed by atoms with Gasteiger partial charge < -0.3 is 10.2 Å². The Morgan fingerprint density at radius 2 is 2.15 bits per heavy atom. The van der Waals surface area contributed by atoms with Gasteiger partial charge in [-0.1, -0.05) is 13.8 Å². The van der Waals surface area contributed by atoms with Crippen molar-refractivity contribution >= 4 is 5.69 Å². The molecule has 0 spiro atoms. The maximum atomic E-state index is 4.36. The zero-order valence-electron chi connectivity index (χ0n) is 12.9. The highest BCUT2D eigenvalue weighted by Crippen LogP contribution is 2.39. The van der Waals surface area contributed by atoms with Gasteiger partial charge in [0.2, 0.25) is 0 Å². The van der Waals surface area contributed by atoms with Crippen LogP contribution in [0.4, 0.5) is 5.69 Å². The molecule has 0 amide bonds. The highest BCUT2D eigenvalue weighted by atomic mass is 15.2. The molecule has 110 valence electrons. The second-order valence-corrected chi connectivity index (χ2v) is 6.54. The van der Waals surface area contributed by atoms with E-state index in [0.717, 1.165) is 12.6 Å². The summed E-state index contributed by atoms with van der Waals surface area (Å²) in [6.45, 7) is 8.05. The van der Waals surface area contributed by atoms with E-state index < -0.39 is 0 Å². The van der Waals surface area contributed by atoms with Gasteiger partial charge in [-0.15, -0.1) is 0 Å². The van der Waals surface area contributed by atoms with Crippen LogP contribution < -0.4 is 10.2 Å². The number of rotatable bonds is 6. The number of nitrogens with one attached hydrogen (secondary N) is 1. The van der Waals surface area contributed by atoms with E-state index in [1.807, 2.05) is 6.20 Å². The van der Waals surface area contributed by atoms with Crippen molar-refractivity contribution < 1.29 is 0 Å². The monoisotopic (exact) mass is 273 g/mol. The molecular formula is C17H27N3.